The van der Waals surface area contributed by atoms with Crippen molar-refractivity contribution < 1.29 is 23.5 Å². The molecule has 0 atom stereocenters. The van der Waals surface area contributed by atoms with Crippen molar-refractivity contribution >= 4 is 29.1 Å². The van der Waals surface area contributed by atoms with Crippen LogP contribution in [-0.2, 0) is 6.42 Å². The summed E-state index contributed by atoms with van der Waals surface area (Å²) in [5.74, 6) is -0.546. The van der Waals surface area contributed by atoms with Crippen LogP contribution < -0.4 is 20.1 Å². The molecule has 0 saturated heterocycles. The second-order valence-corrected chi connectivity index (χ2v) is 7.26. The van der Waals surface area contributed by atoms with E-state index in [2.05, 4.69) is 10.6 Å². The van der Waals surface area contributed by atoms with E-state index in [4.69, 9.17) is 21.1 Å². The van der Waals surface area contributed by atoms with Crippen LogP contribution in [0, 0.1) is 5.82 Å². The lowest BCUT2D eigenvalue weighted by Gasteiger charge is -2.13. The number of carbonyl (C=O) groups is 2. The quantitative estimate of drug-likeness (QED) is 0.514. The number of methoxy groups -OCH3 is 2. The van der Waals surface area contributed by atoms with Gasteiger partial charge >= 0.3 is 0 Å². The van der Waals surface area contributed by atoms with Crippen molar-refractivity contribution in [2.45, 2.75) is 6.42 Å². The van der Waals surface area contributed by atoms with Crippen molar-refractivity contribution in [3.8, 4) is 11.5 Å². The minimum Gasteiger partial charge on any atom is -0.493 e. The molecule has 0 spiro atoms. The SMILES string of the molecule is COc1ccc(CCNC(=O)c2ccccc2NC(=O)c2ccc(Cl)cc2F)cc1OC. The number of nitrogens with one attached hydrogen (secondary N) is 2. The Labute approximate surface area is 190 Å². The molecule has 0 aromatic heterocycles. The highest BCUT2D eigenvalue weighted by molar-refractivity contribution is 6.30. The molecule has 32 heavy (non-hydrogen) atoms. The largest absolute Gasteiger partial charge is 0.493 e. The zero-order chi connectivity index (χ0) is 23.1. The first-order chi connectivity index (χ1) is 15.4. The van der Waals surface area contributed by atoms with Crippen LogP contribution in [0.2, 0.25) is 5.02 Å². The predicted molar refractivity (Wildman–Crippen MR) is 121 cm³/mol. The fourth-order valence-electron chi connectivity index (χ4n) is 3.11. The maximum Gasteiger partial charge on any atom is 0.258 e. The van der Waals surface area contributed by atoms with E-state index in [1.807, 2.05) is 12.1 Å². The minimum absolute atomic E-state index is 0.168. The van der Waals surface area contributed by atoms with E-state index in [1.165, 1.54) is 12.1 Å². The highest BCUT2D eigenvalue weighted by Crippen LogP contribution is 2.27. The third kappa shape index (κ3) is 5.56. The molecule has 8 heteroatoms. The van der Waals surface area contributed by atoms with Crippen LogP contribution in [0.1, 0.15) is 26.3 Å². The van der Waals surface area contributed by atoms with Crippen molar-refractivity contribution in [1.29, 1.82) is 0 Å². The van der Waals surface area contributed by atoms with Gasteiger partial charge in [-0.05, 0) is 54.4 Å². The molecule has 3 aromatic rings. The second kappa shape index (κ2) is 10.6. The number of halogens is 2. The lowest BCUT2D eigenvalue weighted by molar-refractivity contribution is 0.0955. The summed E-state index contributed by atoms with van der Waals surface area (Å²) in [6, 6.07) is 15.8. The molecular weight excluding hydrogens is 435 g/mol. The van der Waals surface area contributed by atoms with Gasteiger partial charge in [-0.15, -0.1) is 0 Å². The number of ether oxygens (including phenoxy) is 2. The highest BCUT2D eigenvalue weighted by Gasteiger charge is 2.16. The Kier molecular flexibility index (Phi) is 7.68. The number of hydrogen-bond acceptors (Lipinski definition) is 4. The number of hydrogen-bond donors (Lipinski definition) is 2. The van der Waals surface area contributed by atoms with Gasteiger partial charge in [0.2, 0.25) is 0 Å². The van der Waals surface area contributed by atoms with E-state index in [0.717, 1.165) is 11.6 Å². The third-order valence-corrected chi connectivity index (χ3v) is 4.98. The molecule has 0 aliphatic carbocycles. The van der Waals surface area contributed by atoms with E-state index in [0.29, 0.717) is 24.5 Å². The summed E-state index contributed by atoms with van der Waals surface area (Å²) < 4.78 is 24.6. The van der Waals surface area contributed by atoms with E-state index >= 15 is 0 Å². The van der Waals surface area contributed by atoms with Crippen molar-refractivity contribution in [2.75, 3.05) is 26.1 Å². The van der Waals surface area contributed by atoms with Crippen LogP contribution in [0.15, 0.2) is 60.7 Å². The molecule has 2 amide bonds. The fraction of sp³-hybridized carbons (Fsp3) is 0.167. The van der Waals surface area contributed by atoms with Gasteiger partial charge in [-0.2, -0.15) is 0 Å². The van der Waals surface area contributed by atoms with Crippen LogP contribution in [0.5, 0.6) is 11.5 Å². The van der Waals surface area contributed by atoms with Gasteiger partial charge in [0.15, 0.2) is 11.5 Å². The summed E-state index contributed by atoms with van der Waals surface area (Å²) in [5.41, 5.74) is 1.33. The zero-order valence-electron chi connectivity index (χ0n) is 17.6. The van der Waals surface area contributed by atoms with Gasteiger partial charge in [-0.1, -0.05) is 29.8 Å². The number of carbonyl (C=O) groups excluding carboxylic acids is 2. The summed E-state index contributed by atoms with van der Waals surface area (Å²) >= 11 is 5.74. The summed E-state index contributed by atoms with van der Waals surface area (Å²) in [4.78, 5) is 25.2. The molecule has 3 rings (SSSR count). The molecule has 0 unspecified atom stereocenters. The Balaban J connectivity index is 1.66. The van der Waals surface area contributed by atoms with Crippen LogP contribution in [0.3, 0.4) is 0 Å². The summed E-state index contributed by atoms with van der Waals surface area (Å²) in [6.45, 7) is 0.364. The molecule has 0 fully saturated rings. The first-order valence-corrected chi connectivity index (χ1v) is 10.1. The number of rotatable bonds is 8. The van der Waals surface area contributed by atoms with Gasteiger partial charge in [-0.25, -0.2) is 4.39 Å². The number of benzene rings is 3. The number of amides is 2. The number of para-hydroxylation sites is 1. The first-order valence-electron chi connectivity index (χ1n) is 9.77. The maximum absolute atomic E-state index is 14.1. The zero-order valence-corrected chi connectivity index (χ0v) is 18.3. The lowest BCUT2D eigenvalue weighted by atomic mass is 10.1. The van der Waals surface area contributed by atoms with E-state index in [1.54, 1.807) is 44.6 Å². The predicted octanol–water partition coefficient (Wildman–Crippen LogP) is 4.72. The summed E-state index contributed by atoms with van der Waals surface area (Å²) in [5, 5.41) is 5.61. The van der Waals surface area contributed by atoms with Crippen LogP contribution >= 0.6 is 11.6 Å². The molecule has 0 saturated carbocycles. The van der Waals surface area contributed by atoms with E-state index in [9.17, 15) is 14.0 Å². The van der Waals surface area contributed by atoms with Crippen molar-refractivity contribution in [1.82, 2.24) is 5.32 Å². The smallest absolute Gasteiger partial charge is 0.258 e. The topological polar surface area (TPSA) is 76.7 Å². The van der Waals surface area contributed by atoms with Crippen LogP contribution in [-0.4, -0.2) is 32.6 Å². The third-order valence-electron chi connectivity index (χ3n) is 4.74. The molecule has 166 valence electrons. The van der Waals surface area contributed by atoms with Crippen molar-refractivity contribution in [2.24, 2.45) is 0 Å². The highest BCUT2D eigenvalue weighted by atomic mass is 35.5. The molecule has 6 nitrogen and oxygen atoms in total. The normalized spacial score (nSPS) is 10.4. The van der Waals surface area contributed by atoms with E-state index in [-0.39, 0.29) is 27.7 Å². The Hall–Kier alpha value is -3.58. The molecule has 0 aliphatic rings. The maximum atomic E-state index is 14.1. The van der Waals surface area contributed by atoms with Crippen LogP contribution in [0.4, 0.5) is 10.1 Å². The van der Waals surface area contributed by atoms with Crippen molar-refractivity contribution in [3.05, 3.63) is 88.2 Å². The fourth-order valence-corrected chi connectivity index (χ4v) is 3.26. The average molecular weight is 457 g/mol. The average Bonchev–Trinajstić information content (AvgIpc) is 2.79. The van der Waals surface area contributed by atoms with E-state index < -0.39 is 11.7 Å². The van der Waals surface area contributed by atoms with Crippen LogP contribution in [0.25, 0.3) is 0 Å². The van der Waals surface area contributed by atoms with Gasteiger partial charge in [-0.3, -0.25) is 9.59 Å². The first kappa shape index (κ1) is 23.1. The summed E-state index contributed by atoms with van der Waals surface area (Å²) in [7, 11) is 3.12. The second-order valence-electron chi connectivity index (χ2n) is 6.82. The minimum atomic E-state index is -0.744. The van der Waals surface area contributed by atoms with Gasteiger partial charge in [0.25, 0.3) is 11.8 Å². The summed E-state index contributed by atoms with van der Waals surface area (Å²) in [6.07, 6.45) is 0.566. The molecule has 3 aromatic carbocycles. The Morgan fingerprint density at radius 1 is 0.906 bits per heavy atom. The number of anilines is 1. The van der Waals surface area contributed by atoms with Crippen molar-refractivity contribution in [3.63, 3.8) is 0 Å². The molecule has 0 bridgehead atoms. The molecule has 0 radical (unpaired) electrons. The standard InChI is InChI=1S/C24H22ClFN2O4/c1-31-21-10-7-15(13-22(21)32-2)11-12-27-23(29)18-5-3-4-6-20(18)28-24(30)17-9-8-16(25)14-19(17)26/h3-10,13-14H,11-12H2,1-2H3,(H,27,29)(H,28,30). The lowest BCUT2D eigenvalue weighted by Crippen LogP contribution is -2.27. The molecule has 0 aliphatic heterocycles. The van der Waals surface area contributed by atoms with Gasteiger partial charge in [0.1, 0.15) is 5.82 Å². The Morgan fingerprint density at radius 2 is 1.66 bits per heavy atom. The van der Waals surface area contributed by atoms with Gasteiger partial charge in [0.05, 0.1) is 31.0 Å². The molecule has 0 heterocycles. The molecule has 2 N–H and O–H groups in total. The Morgan fingerprint density at radius 3 is 2.38 bits per heavy atom. The molecular formula is C24H22ClFN2O4. The van der Waals surface area contributed by atoms with Gasteiger partial charge in [0, 0.05) is 11.6 Å². The monoisotopic (exact) mass is 456 g/mol. The Bertz CT molecular complexity index is 1140. The van der Waals surface area contributed by atoms with Gasteiger partial charge < -0.3 is 20.1 Å².